The van der Waals surface area contributed by atoms with Gasteiger partial charge in [0.15, 0.2) is 0 Å². The van der Waals surface area contributed by atoms with Crippen LogP contribution < -0.4 is 9.62 Å². The zero-order valence-electron chi connectivity index (χ0n) is 14.8. The number of halogens is 1. The van der Waals surface area contributed by atoms with E-state index in [1.165, 1.54) is 37.3 Å². The number of carbonyl (C=O) groups excluding carboxylic acids is 1. The van der Waals surface area contributed by atoms with E-state index in [4.69, 9.17) is 11.6 Å². The number of nitro groups is 1. The minimum Gasteiger partial charge on any atom is -0.324 e. The lowest BCUT2D eigenvalue weighted by molar-refractivity contribution is -0.384. The fraction of sp³-hybridized carbons (Fsp3) is 0.235. The Morgan fingerprint density at radius 2 is 1.93 bits per heavy atom. The number of hydrogen-bond donors (Lipinski definition) is 1. The summed E-state index contributed by atoms with van der Waals surface area (Å²) in [6.07, 6.45) is 0.991. The molecule has 10 heteroatoms. The summed E-state index contributed by atoms with van der Waals surface area (Å²) in [6.45, 7) is 3.13. The molecule has 0 unspecified atom stereocenters. The number of benzene rings is 2. The Kier molecular flexibility index (Phi) is 6.07. The Hall–Kier alpha value is -2.65. The number of sulfonamides is 1. The third kappa shape index (κ3) is 4.95. The van der Waals surface area contributed by atoms with Crippen molar-refractivity contribution >= 4 is 44.6 Å². The number of non-ortho nitro benzene ring substituents is 1. The molecule has 0 radical (unpaired) electrons. The van der Waals surface area contributed by atoms with Gasteiger partial charge in [0.05, 0.1) is 16.9 Å². The molecule has 1 atom stereocenters. The van der Waals surface area contributed by atoms with Crippen LogP contribution in [0.4, 0.5) is 17.1 Å². The average molecular weight is 412 g/mol. The standard InChI is InChI=1S/C17H18ClN3O5S/c1-11-7-8-13(18)9-16(11)20(27(3,25)26)12(2)17(22)19-14-5-4-6-15(10-14)21(23)24/h4-10,12H,1-3H3,(H,19,22)/t12-/m0/s1. The van der Waals surface area contributed by atoms with E-state index in [2.05, 4.69) is 5.32 Å². The Bertz CT molecular complexity index is 994. The highest BCUT2D eigenvalue weighted by Crippen LogP contribution is 2.28. The summed E-state index contributed by atoms with van der Waals surface area (Å²) in [5.74, 6) is -0.639. The van der Waals surface area contributed by atoms with Crippen molar-refractivity contribution in [1.82, 2.24) is 0 Å². The number of nitro benzene ring substituents is 1. The lowest BCUT2D eigenvalue weighted by Gasteiger charge is -2.29. The second-order valence-corrected chi connectivity index (χ2v) is 8.26. The highest BCUT2D eigenvalue weighted by molar-refractivity contribution is 7.92. The lowest BCUT2D eigenvalue weighted by atomic mass is 10.1. The fourth-order valence-electron chi connectivity index (χ4n) is 2.54. The SMILES string of the molecule is Cc1ccc(Cl)cc1N([C@@H](C)C(=O)Nc1cccc([N+](=O)[O-])c1)S(C)(=O)=O. The van der Waals surface area contributed by atoms with E-state index in [-0.39, 0.29) is 17.1 Å². The van der Waals surface area contributed by atoms with Crippen LogP contribution in [-0.4, -0.2) is 31.5 Å². The Balaban J connectivity index is 2.37. The van der Waals surface area contributed by atoms with Crippen LogP contribution in [0.2, 0.25) is 5.02 Å². The van der Waals surface area contributed by atoms with Crippen molar-refractivity contribution in [3.05, 3.63) is 63.2 Å². The third-order valence-electron chi connectivity index (χ3n) is 3.82. The van der Waals surface area contributed by atoms with Crippen molar-refractivity contribution in [2.45, 2.75) is 19.9 Å². The van der Waals surface area contributed by atoms with Crippen LogP contribution in [0.3, 0.4) is 0 Å². The minimum absolute atomic E-state index is 0.189. The molecular formula is C17H18ClN3O5S. The molecular weight excluding hydrogens is 394 g/mol. The number of anilines is 2. The molecule has 0 aromatic heterocycles. The molecule has 144 valence electrons. The van der Waals surface area contributed by atoms with Gasteiger partial charge in [0.2, 0.25) is 15.9 Å². The number of nitrogens with one attached hydrogen (secondary N) is 1. The number of carbonyl (C=O) groups is 1. The Labute approximate surface area is 162 Å². The van der Waals surface area contributed by atoms with Crippen molar-refractivity contribution in [2.75, 3.05) is 15.9 Å². The molecule has 2 rings (SSSR count). The zero-order chi connectivity index (χ0) is 20.4. The average Bonchev–Trinajstić information content (AvgIpc) is 2.57. The normalized spacial score (nSPS) is 12.3. The van der Waals surface area contributed by atoms with Gasteiger partial charge < -0.3 is 5.32 Å². The number of rotatable bonds is 6. The lowest BCUT2D eigenvalue weighted by Crippen LogP contribution is -2.45. The van der Waals surface area contributed by atoms with Gasteiger partial charge in [-0.3, -0.25) is 19.2 Å². The third-order valence-corrected chi connectivity index (χ3v) is 5.28. The van der Waals surface area contributed by atoms with Crippen LogP contribution in [0.1, 0.15) is 12.5 Å². The maximum atomic E-state index is 12.6. The highest BCUT2D eigenvalue weighted by atomic mass is 35.5. The molecule has 0 bridgehead atoms. The molecule has 0 aliphatic heterocycles. The molecule has 2 aromatic carbocycles. The minimum atomic E-state index is -3.81. The summed E-state index contributed by atoms with van der Waals surface area (Å²) in [4.78, 5) is 22.9. The smallest absolute Gasteiger partial charge is 0.271 e. The quantitative estimate of drug-likeness (QED) is 0.579. The molecule has 27 heavy (non-hydrogen) atoms. The van der Waals surface area contributed by atoms with Crippen molar-refractivity contribution in [1.29, 1.82) is 0 Å². The summed E-state index contributed by atoms with van der Waals surface area (Å²) in [5.41, 5.74) is 0.912. The molecule has 8 nitrogen and oxygen atoms in total. The van der Waals surface area contributed by atoms with Crippen LogP contribution in [0.25, 0.3) is 0 Å². The summed E-state index contributed by atoms with van der Waals surface area (Å²) >= 11 is 5.99. The van der Waals surface area contributed by atoms with Crippen molar-refractivity contribution in [3.8, 4) is 0 Å². The number of hydrogen-bond acceptors (Lipinski definition) is 5. The van der Waals surface area contributed by atoms with Gasteiger partial charge in [-0.25, -0.2) is 8.42 Å². The van der Waals surface area contributed by atoms with Gasteiger partial charge in [-0.15, -0.1) is 0 Å². The molecule has 1 amide bonds. The van der Waals surface area contributed by atoms with Crippen molar-refractivity contribution < 1.29 is 18.1 Å². The van der Waals surface area contributed by atoms with Crippen molar-refractivity contribution in [2.24, 2.45) is 0 Å². The van der Waals surface area contributed by atoms with Crippen LogP contribution in [0, 0.1) is 17.0 Å². The summed E-state index contributed by atoms with van der Waals surface area (Å²) in [7, 11) is -3.81. The second kappa shape index (κ2) is 7.93. The summed E-state index contributed by atoms with van der Waals surface area (Å²) in [6, 6.07) is 9.01. The Morgan fingerprint density at radius 1 is 1.26 bits per heavy atom. The second-order valence-electron chi connectivity index (χ2n) is 5.96. The van der Waals surface area contributed by atoms with Crippen LogP contribution >= 0.6 is 11.6 Å². The van der Waals surface area contributed by atoms with Gasteiger partial charge in [0.1, 0.15) is 6.04 Å². The van der Waals surface area contributed by atoms with Gasteiger partial charge in [-0.05, 0) is 37.6 Å². The number of nitrogens with zero attached hydrogens (tertiary/aromatic N) is 2. The zero-order valence-corrected chi connectivity index (χ0v) is 16.4. The molecule has 0 fully saturated rings. The van der Waals surface area contributed by atoms with Crippen molar-refractivity contribution in [3.63, 3.8) is 0 Å². The topological polar surface area (TPSA) is 110 Å². The summed E-state index contributed by atoms with van der Waals surface area (Å²) < 4.78 is 25.7. The molecule has 0 saturated heterocycles. The first-order valence-electron chi connectivity index (χ1n) is 7.81. The predicted octanol–water partition coefficient (Wildman–Crippen LogP) is 3.35. The maximum Gasteiger partial charge on any atom is 0.271 e. The summed E-state index contributed by atoms with van der Waals surface area (Å²) in [5, 5.41) is 13.7. The van der Waals surface area contributed by atoms with Gasteiger partial charge in [0, 0.05) is 22.8 Å². The molecule has 0 heterocycles. The maximum absolute atomic E-state index is 12.6. The number of amides is 1. The molecule has 2 aromatic rings. The van der Waals surface area contributed by atoms with E-state index < -0.39 is 26.9 Å². The van der Waals surface area contributed by atoms with Crippen LogP contribution in [0.15, 0.2) is 42.5 Å². The van der Waals surface area contributed by atoms with E-state index in [0.29, 0.717) is 10.6 Å². The van der Waals surface area contributed by atoms with E-state index in [9.17, 15) is 23.3 Å². The first-order chi connectivity index (χ1) is 12.5. The molecule has 0 spiro atoms. The Morgan fingerprint density at radius 3 is 2.52 bits per heavy atom. The monoisotopic (exact) mass is 411 g/mol. The molecule has 0 aliphatic carbocycles. The van der Waals surface area contributed by atoms with Crippen LogP contribution in [-0.2, 0) is 14.8 Å². The van der Waals surface area contributed by atoms with Gasteiger partial charge >= 0.3 is 0 Å². The molecule has 0 saturated carbocycles. The van der Waals surface area contributed by atoms with E-state index in [1.807, 2.05) is 0 Å². The largest absolute Gasteiger partial charge is 0.324 e. The first-order valence-corrected chi connectivity index (χ1v) is 10.0. The molecule has 0 aliphatic rings. The van der Waals surface area contributed by atoms with E-state index in [0.717, 1.165) is 10.6 Å². The van der Waals surface area contributed by atoms with Gasteiger partial charge in [-0.1, -0.05) is 23.7 Å². The van der Waals surface area contributed by atoms with Gasteiger partial charge in [0.25, 0.3) is 5.69 Å². The highest BCUT2D eigenvalue weighted by Gasteiger charge is 2.30. The van der Waals surface area contributed by atoms with E-state index in [1.54, 1.807) is 19.1 Å². The van der Waals surface area contributed by atoms with E-state index >= 15 is 0 Å². The fourth-order valence-corrected chi connectivity index (χ4v) is 3.94. The van der Waals surface area contributed by atoms with Gasteiger partial charge in [-0.2, -0.15) is 0 Å². The predicted molar refractivity (Wildman–Crippen MR) is 105 cm³/mol. The first kappa shape index (κ1) is 20.7. The number of aryl methyl sites for hydroxylation is 1. The van der Waals surface area contributed by atoms with Crippen LogP contribution in [0.5, 0.6) is 0 Å². The molecule has 1 N–H and O–H groups in total.